The Kier molecular flexibility index (Phi) is 3.84. The maximum atomic E-state index is 12.8. The maximum absolute atomic E-state index is 12.8. The fraction of sp³-hybridized carbons (Fsp3) is 0.250. The molecule has 1 aliphatic carbocycles. The number of nitrogens with one attached hydrogen (secondary N) is 1. The zero-order valence-corrected chi connectivity index (χ0v) is 14.1. The van der Waals surface area contributed by atoms with E-state index >= 15 is 0 Å². The summed E-state index contributed by atoms with van der Waals surface area (Å²) in [6, 6.07) is 12.1. The van der Waals surface area contributed by atoms with Crippen LogP contribution in [0, 0.1) is 6.92 Å². The van der Waals surface area contributed by atoms with Gasteiger partial charge in [-0.3, -0.25) is 9.36 Å². The van der Waals surface area contributed by atoms with E-state index in [1.807, 2.05) is 35.0 Å². The molecular weight excluding hydrogens is 312 g/mol. The highest BCUT2D eigenvalue weighted by molar-refractivity contribution is 5.91. The van der Waals surface area contributed by atoms with Gasteiger partial charge < -0.3 is 5.32 Å². The molecule has 0 unspecified atom stereocenters. The standard InChI is InChI=1S/C20H20N4O/c1-15-4-2-3-5-17(15)20(8-9-20)19(25)23-13-16-6-7-18(22-12-16)24-11-10-21-14-24/h2-7,10-12,14H,8-9,13H2,1H3,(H,23,25). The van der Waals surface area contributed by atoms with Crippen LogP contribution in [0.25, 0.3) is 5.82 Å². The lowest BCUT2D eigenvalue weighted by atomic mass is 9.91. The Morgan fingerprint density at radius 2 is 2.08 bits per heavy atom. The molecule has 0 spiro atoms. The lowest BCUT2D eigenvalue weighted by Crippen LogP contribution is -2.34. The Morgan fingerprint density at radius 3 is 2.72 bits per heavy atom. The molecule has 4 rings (SSSR count). The lowest BCUT2D eigenvalue weighted by Gasteiger charge is -2.18. The molecule has 126 valence electrons. The van der Waals surface area contributed by atoms with E-state index in [1.165, 1.54) is 5.56 Å². The first-order valence-corrected chi connectivity index (χ1v) is 8.47. The number of hydrogen-bond donors (Lipinski definition) is 1. The highest BCUT2D eigenvalue weighted by Crippen LogP contribution is 2.49. The molecule has 5 heteroatoms. The molecule has 1 fully saturated rings. The highest BCUT2D eigenvalue weighted by Gasteiger charge is 2.51. The first-order valence-electron chi connectivity index (χ1n) is 8.47. The Bertz CT molecular complexity index is 880. The van der Waals surface area contributed by atoms with E-state index in [-0.39, 0.29) is 11.3 Å². The van der Waals surface area contributed by atoms with Crippen LogP contribution < -0.4 is 5.32 Å². The molecule has 25 heavy (non-hydrogen) atoms. The number of pyridine rings is 1. The monoisotopic (exact) mass is 332 g/mol. The number of carbonyl (C=O) groups is 1. The molecule has 2 aromatic heterocycles. The van der Waals surface area contributed by atoms with E-state index in [9.17, 15) is 4.79 Å². The third-order valence-electron chi connectivity index (χ3n) is 4.88. The van der Waals surface area contributed by atoms with Gasteiger partial charge in [-0.25, -0.2) is 9.97 Å². The van der Waals surface area contributed by atoms with Gasteiger partial charge in [0.05, 0.1) is 5.41 Å². The van der Waals surface area contributed by atoms with Crippen molar-refractivity contribution in [2.24, 2.45) is 0 Å². The third kappa shape index (κ3) is 2.93. The second kappa shape index (κ2) is 6.16. The van der Waals surface area contributed by atoms with Gasteiger partial charge in [-0.1, -0.05) is 30.3 Å². The molecule has 1 aliphatic rings. The van der Waals surface area contributed by atoms with E-state index in [0.717, 1.165) is 29.8 Å². The van der Waals surface area contributed by atoms with Crippen molar-refractivity contribution in [3.05, 3.63) is 78.0 Å². The minimum Gasteiger partial charge on any atom is -0.351 e. The average Bonchev–Trinajstić information content (AvgIpc) is 3.26. The fourth-order valence-corrected chi connectivity index (χ4v) is 3.27. The van der Waals surface area contributed by atoms with Crippen molar-refractivity contribution in [1.82, 2.24) is 19.9 Å². The van der Waals surface area contributed by atoms with Gasteiger partial charge in [-0.15, -0.1) is 0 Å². The number of imidazole rings is 1. The van der Waals surface area contributed by atoms with E-state index in [2.05, 4.69) is 34.3 Å². The van der Waals surface area contributed by atoms with Crippen LogP contribution in [0.1, 0.15) is 29.5 Å². The van der Waals surface area contributed by atoms with Crippen LogP contribution in [0.5, 0.6) is 0 Å². The molecule has 0 saturated heterocycles. The molecular formula is C20H20N4O. The third-order valence-corrected chi connectivity index (χ3v) is 4.88. The molecule has 2 heterocycles. The van der Waals surface area contributed by atoms with Crippen LogP contribution in [-0.2, 0) is 16.8 Å². The molecule has 0 atom stereocenters. The van der Waals surface area contributed by atoms with Gasteiger partial charge in [0.25, 0.3) is 0 Å². The average molecular weight is 332 g/mol. The molecule has 0 bridgehead atoms. The summed E-state index contributed by atoms with van der Waals surface area (Å²) in [6.07, 6.45) is 8.91. The number of nitrogens with zero attached hydrogens (tertiary/aromatic N) is 3. The SMILES string of the molecule is Cc1ccccc1C1(C(=O)NCc2ccc(-n3ccnc3)nc2)CC1. The van der Waals surface area contributed by atoms with Gasteiger partial charge in [-0.05, 0) is 42.5 Å². The van der Waals surface area contributed by atoms with E-state index < -0.39 is 0 Å². The number of benzene rings is 1. The first kappa shape index (κ1) is 15.6. The fourth-order valence-electron chi connectivity index (χ4n) is 3.27. The van der Waals surface area contributed by atoms with Gasteiger partial charge in [0.15, 0.2) is 0 Å². The summed E-state index contributed by atoms with van der Waals surface area (Å²) in [5.74, 6) is 0.923. The molecule has 1 aromatic carbocycles. The van der Waals surface area contributed by atoms with Crippen molar-refractivity contribution < 1.29 is 4.79 Å². The quantitative estimate of drug-likeness (QED) is 0.781. The van der Waals surface area contributed by atoms with Crippen molar-refractivity contribution in [2.45, 2.75) is 31.7 Å². The predicted molar refractivity (Wildman–Crippen MR) is 95.3 cm³/mol. The number of rotatable bonds is 5. The van der Waals surface area contributed by atoms with E-state index in [1.54, 1.807) is 18.7 Å². The normalized spacial score (nSPS) is 14.9. The topological polar surface area (TPSA) is 59.8 Å². The van der Waals surface area contributed by atoms with Crippen LogP contribution in [0.4, 0.5) is 0 Å². The van der Waals surface area contributed by atoms with Crippen molar-refractivity contribution >= 4 is 5.91 Å². The summed E-state index contributed by atoms with van der Waals surface area (Å²) in [7, 11) is 0. The molecule has 1 saturated carbocycles. The summed E-state index contributed by atoms with van der Waals surface area (Å²) < 4.78 is 1.85. The van der Waals surface area contributed by atoms with Gasteiger partial charge in [0.1, 0.15) is 12.1 Å². The van der Waals surface area contributed by atoms with Gasteiger partial charge >= 0.3 is 0 Å². The molecule has 5 nitrogen and oxygen atoms in total. The second-order valence-corrected chi connectivity index (χ2v) is 6.57. The first-order chi connectivity index (χ1) is 12.2. The van der Waals surface area contributed by atoms with Crippen LogP contribution >= 0.6 is 0 Å². The molecule has 1 amide bonds. The molecule has 1 N–H and O–H groups in total. The Balaban J connectivity index is 1.43. The number of hydrogen-bond acceptors (Lipinski definition) is 3. The summed E-state index contributed by atoms with van der Waals surface area (Å²) in [5.41, 5.74) is 2.98. The smallest absolute Gasteiger partial charge is 0.230 e. The highest BCUT2D eigenvalue weighted by atomic mass is 16.2. The summed E-state index contributed by atoms with van der Waals surface area (Å²) in [4.78, 5) is 21.2. The Hall–Kier alpha value is -2.95. The number of aryl methyl sites for hydroxylation is 1. The van der Waals surface area contributed by atoms with Crippen LogP contribution in [0.2, 0.25) is 0 Å². The van der Waals surface area contributed by atoms with Crippen LogP contribution in [0.15, 0.2) is 61.3 Å². The Morgan fingerprint density at radius 1 is 1.24 bits per heavy atom. The predicted octanol–water partition coefficient (Wildman–Crippen LogP) is 2.92. The van der Waals surface area contributed by atoms with E-state index in [4.69, 9.17) is 0 Å². The molecule has 0 radical (unpaired) electrons. The van der Waals surface area contributed by atoms with Gasteiger partial charge in [0, 0.05) is 25.1 Å². The summed E-state index contributed by atoms with van der Waals surface area (Å²) in [5, 5.41) is 3.08. The molecule has 0 aliphatic heterocycles. The minimum atomic E-state index is -0.338. The minimum absolute atomic E-state index is 0.112. The number of aromatic nitrogens is 3. The summed E-state index contributed by atoms with van der Waals surface area (Å²) in [6.45, 7) is 2.56. The molecule has 3 aromatic rings. The van der Waals surface area contributed by atoms with Crippen molar-refractivity contribution in [1.29, 1.82) is 0 Å². The van der Waals surface area contributed by atoms with Crippen molar-refractivity contribution in [3.8, 4) is 5.82 Å². The largest absolute Gasteiger partial charge is 0.351 e. The lowest BCUT2D eigenvalue weighted by molar-refractivity contribution is -0.123. The van der Waals surface area contributed by atoms with Gasteiger partial charge in [-0.2, -0.15) is 0 Å². The van der Waals surface area contributed by atoms with Crippen LogP contribution in [0.3, 0.4) is 0 Å². The van der Waals surface area contributed by atoms with Crippen LogP contribution in [-0.4, -0.2) is 20.4 Å². The second-order valence-electron chi connectivity index (χ2n) is 6.57. The van der Waals surface area contributed by atoms with Crippen molar-refractivity contribution in [2.75, 3.05) is 0 Å². The maximum Gasteiger partial charge on any atom is 0.230 e. The Labute approximate surface area is 146 Å². The number of carbonyl (C=O) groups excluding carboxylic acids is 1. The zero-order chi connectivity index (χ0) is 17.3. The van der Waals surface area contributed by atoms with E-state index in [0.29, 0.717) is 6.54 Å². The zero-order valence-electron chi connectivity index (χ0n) is 14.1. The summed E-state index contributed by atoms with van der Waals surface area (Å²) >= 11 is 0. The van der Waals surface area contributed by atoms with Gasteiger partial charge in [0.2, 0.25) is 5.91 Å². The van der Waals surface area contributed by atoms with Crippen molar-refractivity contribution in [3.63, 3.8) is 0 Å². The number of amides is 1.